The van der Waals surface area contributed by atoms with E-state index in [0.29, 0.717) is 23.4 Å². The fraction of sp³-hybridized carbons (Fsp3) is 0.429. The van der Waals surface area contributed by atoms with Crippen LogP contribution in [0.3, 0.4) is 0 Å². The van der Waals surface area contributed by atoms with E-state index in [1.165, 1.54) is 37.8 Å². The van der Waals surface area contributed by atoms with Crippen LogP contribution in [0.1, 0.15) is 55.7 Å². The Balaban J connectivity index is 1.20. The first-order valence-corrected chi connectivity index (χ1v) is 12.9. The lowest BCUT2D eigenvalue weighted by molar-refractivity contribution is 0.105. The van der Waals surface area contributed by atoms with Gasteiger partial charge in [-0.15, -0.1) is 0 Å². The minimum absolute atomic E-state index is 0.437. The van der Waals surface area contributed by atoms with Gasteiger partial charge in [0.05, 0.1) is 16.9 Å². The van der Waals surface area contributed by atoms with Gasteiger partial charge < -0.3 is 14.6 Å². The Morgan fingerprint density at radius 1 is 1.08 bits per heavy atom. The van der Waals surface area contributed by atoms with Gasteiger partial charge in [-0.05, 0) is 76.2 Å². The van der Waals surface area contributed by atoms with Gasteiger partial charge in [-0.3, -0.25) is 10.00 Å². The van der Waals surface area contributed by atoms with E-state index in [4.69, 9.17) is 9.72 Å². The van der Waals surface area contributed by atoms with E-state index >= 15 is 0 Å². The van der Waals surface area contributed by atoms with Gasteiger partial charge in [-0.2, -0.15) is 5.10 Å². The molecule has 2 aromatic carbocycles. The molecule has 1 aliphatic heterocycles. The highest BCUT2D eigenvalue weighted by Gasteiger charge is 2.33. The van der Waals surface area contributed by atoms with E-state index in [-0.39, 0.29) is 0 Å². The van der Waals surface area contributed by atoms with Crippen LogP contribution in [0.15, 0.2) is 36.4 Å². The predicted octanol–water partition coefficient (Wildman–Crippen LogP) is 5.56. The number of ether oxygens (including phenoxy) is 1. The summed E-state index contributed by atoms with van der Waals surface area (Å²) in [6, 6.07) is 10.3. The number of nitrogens with one attached hydrogen (secondary N) is 2. The Hall–Kier alpha value is -3.30. The number of fused-ring (bicyclic) bond motifs is 2. The standard InChI is InChI=1S/C28H32F2N6O/c1-16(17-9-18(29)11-19(30)10-17)37-22-7-8-24-23(13-22)27(34-33-24)28-31-25-14-36(15-26(25)32-28)21-6-4-5-20(12-21)35(2)3/h7-11,13,16,20-21H,4-6,12,14-15H2,1-3H3,(H,31,32)(H,33,34). The molecule has 0 radical (unpaired) electrons. The topological polar surface area (TPSA) is 73.1 Å². The van der Waals surface area contributed by atoms with Crippen molar-refractivity contribution in [1.29, 1.82) is 0 Å². The van der Waals surface area contributed by atoms with Crippen molar-refractivity contribution in [3.05, 3.63) is 65.0 Å². The second kappa shape index (κ2) is 9.54. The lowest BCUT2D eigenvalue weighted by Crippen LogP contribution is -2.42. The Morgan fingerprint density at radius 3 is 2.65 bits per heavy atom. The van der Waals surface area contributed by atoms with Crippen molar-refractivity contribution in [2.24, 2.45) is 0 Å². The van der Waals surface area contributed by atoms with Crippen molar-refractivity contribution in [2.75, 3.05) is 14.1 Å². The van der Waals surface area contributed by atoms with Gasteiger partial charge in [0.2, 0.25) is 0 Å². The summed E-state index contributed by atoms with van der Waals surface area (Å²) in [6.07, 6.45) is 4.48. The van der Waals surface area contributed by atoms with Crippen molar-refractivity contribution in [1.82, 2.24) is 30.0 Å². The first-order valence-electron chi connectivity index (χ1n) is 12.9. The SMILES string of the molecule is CC(Oc1ccc2[nH]nc(-c3nc4c([nH]3)CN(C3CCCC(N(C)C)C3)C4)c2c1)c1cc(F)cc(F)c1. The van der Waals surface area contributed by atoms with Crippen LogP contribution in [-0.4, -0.2) is 56.1 Å². The molecule has 4 aromatic rings. The molecule has 0 spiro atoms. The normalized spacial score (nSPS) is 21.0. The van der Waals surface area contributed by atoms with E-state index in [2.05, 4.69) is 39.1 Å². The minimum atomic E-state index is -0.622. The highest BCUT2D eigenvalue weighted by molar-refractivity contribution is 5.92. The summed E-state index contributed by atoms with van der Waals surface area (Å²) in [5, 5.41) is 8.48. The largest absolute Gasteiger partial charge is 0.486 e. The number of aromatic nitrogens is 4. The number of benzene rings is 2. The number of nitrogens with zero attached hydrogens (tertiary/aromatic N) is 4. The molecule has 0 amide bonds. The molecule has 2 aliphatic rings. The maximum Gasteiger partial charge on any atom is 0.159 e. The van der Waals surface area contributed by atoms with Crippen LogP contribution in [0.25, 0.3) is 22.4 Å². The average Bonchev–Trinajstić information content (AvgIpc) is 3.56. The smallest absolute Gasteiger partial charge is 0.159 e. The summed E-state index contributed by atoms with van der Waals surface area (Å²) in [5.41, 5.74) is 4.28. The molecule has 2 N–H and O–H groups in total. The van der Waals surface area contributed by atoms with Crippen LogP contribution in [0.4, 0.5) is 8.78 Å². The maximum absolute atomic E-state index is 13.7. The quantitative estimate of drug-likeness (QED) is 0.358. The van der Waals surface area contributed by atoms with Crippen molar-refractivity contribution in [3.8, 4) is 17.3 Å². The van der Waals surface area contributed by atoms with Crippen molar-refractivity contribution in [3.63, 3.8) is 0 Å². The third-order valence-corrected chi connectivity index (χ3v) is 7.87. The molecule has 2 aromatic heterocycles. The fourth-order valence-electron chi connectivity index (χ4n) is 5.80. The number of hydrogen-bond acceptors (Lipinski definition) is 5. The van der Waals surface area contributed by atoms with E-state index in [1.807, 2.05) is 18.2 Å². The summed E-state index contributed by atoms with van der Waals surface area (Å²) in [5.74, 6) is 0.0837. The van der Waals surface area contributed by atoms with Gasteiger partial charge in [0.25, 0.3) is 0 Å². The third kappa shape index (κ3) is 4.73. The monoisotopic (exact) mass is 506 g/mol. The van der Waals surface area contributed by atoms with Gasteiger partial charge in [-0.1, -0.05) is 6.42 Å². The molecule has 1 aliphatic carbocycles. The lowest BCUT2D eigenvalue weighted by atomic mass is 9.89. The first-order chi connectivity index (χ1) is 17.8. The highest BCUT2D eigenvalue weighted by Crippen LogP contribution is 2.35. The minimum Gasteiger partial charge on any atom is -0.486 e. The summed E-state index contributed by atoms with van der Waals surface area (Å²) in [6.45, 7) is 3.51. The van der Waals surface area contributed by atoms with Gasteiger partial charge >= 0.3 is 0 Å². The molecule has 3 atom stereocenters. The van der Waals surface area contributed by atoms with Gasteiger partial charge in [0.15, 0.2) is 5.82 Å². The Kier molecular flexibility index (Phi) is 6.20. The van der Waals surface area contributed by atoms with Crippen LogP contribution >= 0.6 is 0 Å². The number of halogens is 2. The molecule has 1 saturated carbocycles. The molecule has 3 heterocycles. The zero-order valence-electron chi connectivity index (χ0n) is 21.4. The molecular formula is C28H32F2N6O. The second-order valence-corrected chi connectivity index (χ2v) is 10.6. The molecule has 0 bridgehead atoms. The Morgan fingerprint density at radius 2 is 1.89 bits per heavy atom. The zero-order chi connectivity index (χ0) is 25.7. The van der Waals surface area contributed by atoms with Gasteiger partial charge in [0.1, 0.15) is 29.2 Å². The van der Waals surface area contributed by atoms with Crippen molar-refractivity contribution < 1.29 is 13.5 Å². The van der Waals surface area contributed by atoms with Crippen LogP contribution in [0.2, 0.25) is 0 Å². The van der Waals surface area contributed by atoms with E-state index in [1.54, 1.807) is 6.92 Å². The molecule has 9 heteroatoms. The van der Waals surface area contributed by atoms with E-state index in [9.17, 15) is 8.78 Å². The summed E-state index contributed by atoms with van der Waals surface area (Å²) < 4.78 is 33.3. The van der Waals surface area contributed by atoms with Crippen LogP contribution < -0.4 is 4.74 Å². The third-order valence-electron chi connectivity index (χ3n) is 7.87. The number of H-pyrrole nitrogens is 2. The Labute approximate surface area is 214 Å². The summed E-state index contributed by atoms with van der Waals surface area (Å²) >= 11 is 0. The molecular weight excluding hydrogens is 474 g/mol. The molecule has 0 saturated heterocycles. The molecule has 3 unspecified atom stereocenters. The number of rotatable bonds is 6. The lowest BCUT2D eigenvalue weighted by Gasteiger charge is -2.37. The van der Waals surface area contributed by atoms with Crippen LogP contribution in [-0.2, 0) is 13.1 Å². The molecule has 7 nitrogen and oxygen atoms in total. The van der Waals surface area contributed by atoms with Gasteiger partial charge in [-0.25, -0.2) is 13.8 Å². The Bertz CT molecular complexity index is 1390. The highest BCUT2D eigenvalue weighted by atomic mass is 19.1. The first kappa shape index (κ1) is 24.1. The number of hydrogen-bond donors (Lipinski definition) is 2. The molecule has 1 fully saturated rings. The fourth-order valence-corrected chi connectivity index (χ4v) is 5.80. The van der Waals surface area contributed by atoms with E-state index < -0.39 is 17.7 Å². The molecule has 194 valence electrons. The van der Waals surface area contributed by atoms with E-state index in [0.717, 1.165) is 53.0 Å². The molecule has 37 heavy (non-hydrogen) atoms. The zero-order valence-corrected chi connectivity index (χ0v) is 21.4. The van der Waals surface area contributed by atoms with Gasteiger partial charge in [0, 0.05) is 36.6 Å². The molecule has 6 rings (SSSR count). The summed E-state index contributed by atoms with van der Waals surface area (Å²) in [7, 11) is 4.36. The second-order valence-electron chi connectivity index (χ2n) is 10.6. The summed E-state index contributed by atoms with van der Waals surface area (Å²) in [4.78, 5) is 13.4. The van der Waals surface area contributed by atoms with Crippen LogP contribution in [0, 0.1) is 11.6 Å². The van der Waals surface area contributed by atoms with Crippen molar-refractivity contribution in [2.45, 2.75) is 63.9 Å². The number of imidazole rings is 1. The van der Waals surface area contributed by atoms with Crippen LogP contribution in [0.5, 0.6) is 5.75 Å². The maximum atomic E-state index is 13.7. The predicted molar refractivity (Wildman–Crippen MR) is 138 cm³/mol. The van der Waals surface area contributed by atoms with Crippen molar-refractivity contribution >= 4 is 10.9 Å². The average molecular weight is 507 g/mol. The number of aromatic amines is 2.